The highest BCUT2D eigenvalue weighted by Crippen LogP contribution is 2.18. The quantitative estimate of drug-likeness (QED) is 0.332. The van der Waals surface area contributed by atoms with Crippen molar-refractivity contribution in [1.82, 2.24) is 20.4 Å². The topological polar surface area (TPSA) is 63.5 Å². The summed E-state index contributed by atoms with van der Waals surface area (Å²) in [6, 6.07) is 8.44. The van der Waals surface area contributed by atoms with Gasteiger partial charge in [-0.25, -0.2) is 0 Å². The first-order chi connectivity index (χ1) is 13.0. The molecule has 0 saturated heterocycles. The molecule has 1 atom stereocenters. The minimum Gasteiger partial charge on any atom is -0.494 e. The molecule has 0 aliphatic rings. The maximum Gasteiger partial charge on any atom is 0.191 e. The minimum absolute atomic E-state index is 0. The van der Waals surface area contributed by atoms with Gasteiger partial charge >= 0.3 is 0 Å². The Morgan fingerprint density at radius 1 is 1.29 bits per heavy atom. The van der Waals surface area contributed by atoms with E-state index in [4.69, 9.17) is 4.74 Å². The third-order valence-corrected chi connectivity index (χ3v) is 4.74. The summed E-state index contributed by atoms with van der Waals surface area (Å²) in [7, 11) is 3.79. The van der Waals surface area contributed by atoms with Gasteiger partial charge in [-0.15, -0.1) is 24.0 Å². The number of ether oxygens (including phenoxy) is 1. The lowest BCUT2D eigenvalue weighted by molar-refractivity contribution is 0.336. The SMILES string of the molecule is CCOc1ccccc1CCNC(=NC)NC(C)Cc1c(C)nn(C)c1C.I. The van der Waals surface area contributed by atoms with E-state index in [0.717, 1.165) is 36.8 Å². The van der Waals surface area contributed by atoms with Gasteiger partial charge in [0.1, 0.15) is 5.75 Å². The van der Waals surface area contributed by atoms with Crippen molar-refractivity contribution in [1.29, 1.82) is 0 Å². The highest BCUT2D eigenvalue weighted by Gasteiger charge is 2.14. The highest BCUT2D eigenvalue weighted by molar-refractivity contribution is 14.0. The van der Waals surface area contributed by atoms with Gasteiger partial charge in [-0.2, -0.15) is 5.10 Å². The summed E-state index contributed by atoms with van der Waals surface area (Å²) >= 11 is 0. The summed E-state index contributed by atoms with van der Waals surface area (Å²) in [5.74, 6) is 1.77. The number of halogens is 1. The molecule has 0 aliphatic carbocycles. The zero-order valence-corrected chi connectivity index (χ0v) is 20.2. The Labute approximate surface area is 186 Å². The van der Waals surface area contributed by atoms with Crippen molar-refractivity contribution >= 4 is 29.9 Å². The van der Waals surface area contributed by atoms with Crippen molar-refractivity contribution in [2.75, 3.05) is 20.2 Å². The largest absolute Gasteiger partial charge is 0.494 e. The van der Waals surface area contributed by atoms with Gasteiger partial charge in [-0.3, -0.25) is 9.67 Å². The first-order valence-corrected chi connectivity index (χ1v) is 9.63. The fraction of sp³-hybridized carbons (Fsp3) is 0.524. The molecule has 1 heterocycles. The summed E-state index contributed by atoms with van der Waals surface area (Å²) in [6.45, 7) is 9.83. The van der Waals surface area contributed by atoms with E-state index >= 15 is 0 Å². The number of aliphatic imine (C=N–C) groups is 1. The lowest BCUT2D eigenvalue weighted by atomic mass is 10.1. The van der Waals surface area contributed by atoms with Crippen molar-refractivity contribution in [3.05, 3.63) is 46.8 Å². The average molecular weight is 499 g/mol. The van der Waals surface area contributed by atoms with E-state index < -0.39 is 0 Å². The van der Waals surface area contributed by atoms with E-state index in [9.17, 15) is 0 Å². The summed E-state index contributed by atoms with van der Waals surface area (Å²) in [5, 5.41) is 11.4. The molecule has 0 bridgehead atoms. The molecular weight excluding hydrogens is 465 g/mol. The number of guanidine groups is 1. The molecule has 7 heteroatoms. The number of rotatable bonds is 8. The van der Waals surface area contributed by atoms with E-state index in [-0.39, 0.29) is 30.0 Å². The fourth-order valence-corrected chi connectivity index (χ4v) is 3.22. The van der Waals surface area contributed by atoms with Crippen LogP contribution in [-0.4, -0.2) is 42.0 Å². The number of aromatic nitrogens is 2. The van der Waals surface area contributed by atoms with Gasteiger partial charge in [-0.05, 0) is 57.7 Å². The molecule has 0 amide bonds. The average Bonchev–Trinajstić information content (AvgIpc) is 2.88. The summed E-state index contributed by atoms with van der Waals surface area (Å²) in [5.41, 5.74) is 4.83. The summed E-state index contributed by atoms with van der Waals surface area (Å²) in [6.07, 6.45) is 1.80. The van der Waals surface area contributed by atoms with Crippen molar-refractivity contribution < 1.29 is 4.74 Å². The van der Waals surface area contributed by atoms with Crippen LogP contribution < -0.4 is 15.4 Å². The second kappa shape index (κ2) is 11.9. The van der Waals surface area contributed by atoms with Crippen molar-refractivity contribution in [2.45, 2.75) is 46.6 Å². The van der Waals surface area contributed by atoms with Crippen LogP contribution >= 0.6 is 24.0 Å². The van der Waals surface area contributed by atoms with Gasteiger partial charge in [0.15, 0.2) is 5.96 Å². The second-order valence-electron chi connectivity index (χ2n) is 6.81. The maximum absolute atomic E-state index is 5.69. The van der Waals surface area contributed by atoms with Crippen LogP contribution in [0.3, 0.4) is 0 Å². The predicted molar refractivity (Wildman–Crippen MR) is 127 cm³/mol. The highest BCUT2D eigenvalue weighted by atomic mass is 127. The molecular formula is C21H34IN5O. The zero-order valence-electron chi connectivity index (χ0n) is 17.9. The number of benzene rings is 1. The number of hydrogen-bond acceptors (Lipinski definition) is 3. The molecule has 0 aliphatic heterocycles. The van der Waals surface area contributed by atoms with Gasteiger partial charge in [-0.1, -0.05) is 18.2 Å². The number of aryl methyl sites for hydroxylation is 2. The summed E-state index contributed by atoms with van der Waals surface area (Å²) < 4.78 is 7.64. The fourth-order valence-electron chi connectivity index (χ4n) is 3.22. The van der Waals surface area contributed by atoms with Crippen LogP contribution in [0.5, 0.6) is 5.75 Å². The number of nitrogens with one attached hydrogen (secondary N) is 2. The zero-order chi connectivity index (χ0) is 19.8. The number of para-hydroxylation sites is 1. The molecule has 0 fully saturated rings. The summed E-state index contributed by atoms with van der Waals surface area (Å²) in [4.78, 5) is 4.35. The smallest absolute Gasteiger partial charge is 0.191 e. The lowest BCUT2D eigenvalue weighted by Crippen LogP contribution is -2.43. The minimum atomic E-state index is 0. The van der Waals surface area contributed by atoms with Crippen LogP contribution in [-0.2, 0) is 19.9 Å². The van der Waals surface area contributed by atoms with Crippen LogP contribution in [0.4, 0.5) is 0 Å². The molecule has 0 radical (unpaired) electrons. The molecule has 1 aromatic carbocycles. The van der Waals surface area contributed by atoms with E-state index in [1.807, 2.05) is 36.9 Å². The van der Waals surface area contributed by atoms with E-state index in [2.05, 4.69) is 47.6 Å². The molecule has 1 unspecified atom stereocenters. The molecule has 1 aromatic heterocycles. The van der Waals surface area contributed by atoms with E-state index in [1.54, 1.807) is 7.05 Å². The monoisotopic (exact) mass is 499 g/mol. The number of nitrogens with zero attached hydrogens (tertiary/aromatic N) is 3. The van der Waals surface area contributed by atoms with Gasteiger partial charge in [0.05, 0.1) is 12.3 Å². The van der Waals surface area contributed by atoms with Crippen molar-refractivity contribution in [3.63, 3.8) is 0 Å². The van der Waals surface area contributed by atoms with Gasteiger partial charge in [0.25, 0.3) is 0 Å². The molecule has 2 N–H and O–H groups in total. The Balaban J connectivity index is 0.00000392. The number of hydrogen-bond donors (Lipinski definition) is 2. The van der Waals surface area contributed by atoms with Gasteiger partial charge < -0.3 is 15.4 Å². The van der Waals surface area contributed by atoms with Crippen LogP contribution in [0.2, 0.25) is 0 Å². The Morgan fingerprint density at radius 3 is 2.61 bits per heavy atom. The Morgan fingerprint density at radius 2 is 2.00 bits per heavy atom. The molecule has 6 nitrogen and oxygen atoms in total. The normalized spacial score (nSPS) is 12.3. The van der Waals surface area contributed by atoms with Gasteiger partial charge in [0, 0.05) is 32.4 Å². The first-order valence-electron chi connectivity index (χ1n) is 9.63. The third-order valence-electron chi connectivity index (χ3n) is 4.74. The lowest BCUT2D eigenvalue weighted by Gasteiger charge is -2.18. The molecule has 2 rings (SSSR count). The Bertz CT molecular complexity index is 772. The third kappa shape index (κ3) is 6.68. The Kier molecular flexibility index (Phi) is 10.3. The van der Waals surface area contributed by atoms with Crippen molar-refractivity contribution in [3.8, 4) is 5.75 Å². The van der Waals surface area contributed by atoms with E-state index in [0.29, 0.717) is 6.61 Å². The van der Waals surface area contributed by atoms with Crippen molar-refractivity contribution in [2.24, 2.45) is 12.0 Å². The molecule has 2 aromatic rings. The van der Waals surface area contributed by atoms with Crippen LogP contribution in [0.25, 0.3) is 0 Å². The first kappa shape index (κ1) is 24.3. The Hall–Kier alpha value is -1.77. The van der Waals surface area contributed by atoms with Gasteiger partial charge in [0.2, 0.25) is 0 Å². The molecule has 0 spiro atoms. The molecule has 0 saturated carbocycles. The maximum atomic E-state index is 5.69. The molecule has 156 valence electrons. The predicted octanol–water partition coefficient (Wildman–Crippen LogP) is 3.39. The van der Waals surface area contributed by atoms with Crippen LogP contribution in [0, 0.1) is 13.8 Å². The molecule has 28 heavy (non-hydrogen) atoms. The van der Waals surface area contributed by atoms with Crippen LogP contribution in [0.15, 0.2) is 29.3 Å². The van der Waals surface area contributed by atoms with Crippen LogP contribution in [0.1, 0.15) is 36.4 Å². The van der Waals surface area contributed by atoms with E-state index in [1.165, 1.54) is 16.8 Å². The second-order valence-corrected chi connectivity index (χ2v) is 6.81. The standard InChI is InChI=1S/C21H33N5O.HI/c1-7-27-20-11-9-8-10-18(20)12-13-23-21(22-5)24-15(2)14-19-16(3)25-26(6)17(19)4;/h8-11,15H,7,12-14H2,1-6H3,(H2,22,23,24);1H.